The summed E-state index contributed by atoms with van der Waals surface area (Å²) in [6.07, 6.45) is 10.4. The van der Waals surface area contributed by atoms with Gasteiger partial charge in [0.25, 0.3) is 0 Å². The Bertz CT molecular complexity index is 660. The highest BCUT2D eigenvalue weighted by Gasteiger charge is 2.18. The molecular formula is C24H42N4. The minimum Gasteiger partial charge on any atom is -0.282 e. The zero-order valence-electron chi connectivity index (χ0n) is 19.0. The fourth-order valence-electron chi connectivity index (χ4n) is 4.07. The van der Waals surface area contributed by atoms with Gasteiger partial charge in [0.05, 0.1) is 0 Å². The molecule has 2 rings (SSSR count). The van der Waals surface area contributed by atoms with Crippen LogP contribution in [0.4, 0.5) is 0 Å². The van der Waals surface area contributed by atoms with E-state index in [0.29, 0.717) is 0 Å². The van der Waals surface area contributed by atoms with Crippen molar-refractivity contribution in [2.45, 2.75) is 92.7 Å². The largest absolute Gasteiger partial charge is 0.282 e. The van der Waals surface area contributed by atoms with Crippen LogP contribution in [0.5, 0.6) is 0 Å². The van der Waals surface area contributed by atoms with E-state index in [1.165, 1.54) is 56.9 Å². The Hall–Kier alpha value is -1.42. The van der Waals surface area contributed by atoms with Crippen molar-refractivity contribution in [3.05, 3.63) is 23.8 Å². The number of aryl methyl sites for hydroxylation is 1. The molecule has 0 bridgehead atoms. The number of hydrogen-bond donors (Lipinski definition) is 0. The maximum Gasteiger partial charge on any atom is 0.113 e. The lowest BCUT2D eigenvalue weighted by atomic mass is 9.96. The average Bonchev–Trinajstić information content (AvgIpc) is 3.09. The van der Waals surface area contributed by atoms with Crippen LogP contribution >= 0.6 is 0 Å². The number of hydrogen-bond acceptors (Lipinski definition) is 3. The molecule has 2 aromatic rings. The summed E-state index contributed by atoms with van der Waals surface area (Å²) < 4.78 is 0. The first kappa shape index (κ1) is 22.9. The van der Waals surface area contributed by atoms with Gasteiger partial charge in [-0.3, -0.25) is 4.90 Å². The molecule has 0 saturated carbocycles. The lowest BCUT2D eigenvalue weighted by molar-refractivity contribution is 0.131. The molecule has 0 spiro atoms. The molecule has 1 heterocycles. The van der Waals surface area contributed by atoms with Gasteiger partial charge in [-0.1, -0.05) is 72.3 Å². The van der Waals surface area contributed by atoms with Crippen LogP contribution in [-0.4, -0.2) is 33.0 Å². The van der Waals surface area contributed by atoms with Crippen molar-refractivity contribution in [3.8, 4) is 0 Å². The van der Waals surface area contributed by atoms with E-state index in [-0.39, 0.29) is 0 Å². The van der Waals surface area contributed by atoms with Crippen LogP contribution in [0.3, 0.4) is 0 Å². The molecule has 0 saturated heterocycles. The number of aromatic nitrogens is 3. The minimum atomic E-state index is 0.774. The van der Waals surface area contributed by atoms with Crippen LogP contribution in [0.2, 0.25) is 0 Å². The van der Waals surface area contributed by atoms with Crippen molar-refractivity contribution in [2.24, 2.45) is 11.8 Å². The summed E-state index contributed by atoms with van der Waals surface area (Å²) in [5, 5.41) is 9.52. The van der Waals surface area contributed by atoms with Crippen molar-refractivity contribution in [3.63, 3.8) is 0 Å². The fraction of sp³-hybridized carbons (Fsp3) is 0.750. The standard InChI is InChI=1S/C24H42N4/c1-6-10-12-21(8-3)17-27(18-22(9-4)13-11-7-2)19-28-25-23-15-14-20(5)16-24(23)26-28/h14-16,21-22H,6-13,17-19H2,1-5H3. The summed E-state index contributed by atoms with van der Waals surface area (Å²) in [6.45, 7) is 14.5. The third-order valence-corrected chi connectivity index (χ3v) is 6.02. The van der Waals surface area contributed by atoms with Crippen molar-refractivity contribution in [1.29, 1.82) is 0 Å². The molecule has 4 heteroatoms. The average molecular weight is 387 g/mol. The molecule has 0 aliphatic rings. The Morgan fingerprint density at radius 1 is 0.857 bits per heavy atom. The molecule has 4 nitrogen and oxygen atoms in total. The van der Waals surface area contributed by atoms with Crippen molar-refractivity contribution < 1.29 is 0 Å². The van der Waals surface area contributed by atoms with Crippen LogP contribution in [0.15, 0.2) is 18.2 Å². The van der Waals surface area contributed by atoms with E-state index in [1.54, 1.807) is 0 Å². The predicted octanol–water partition coefficient (Wildman–Crippen LogP) is 6.43. The third-order valence-electron chi connectivity index (χ3n) is 6.02. The Kier molecular flexibility index (Phi) is 9.97. The highest BCUT2D eigenvalue weighted by Crippen LogP contribution is 2.20. The first-order valence-electron chi connectivity index (χ1n) is 11.6. The maximum atomic E-state index is 4.77. The highest BCUT2D eigenvalue weighted by atomic mass is 15.5. The summed E-state index contributed by atoms with van der Waals surface area (Å²) in [5.41, 5.74) is 3.25. The van der Waals surface area contributed by atoms with E-state index < -0.39 is 0 Å². The number of rotatable bonds is 14. The van der Waals surface area contributed by atoms with Gasteiger partial charge in [-0.05, 0) is 49.3 Å². The lowest BCUT2D eigenvalue weighted by Gasteiger charge is -2.30. The van der Waals surface area contributed by atoms with Gasteiger partial charge in [-0.2, -0.15) is 15.0 Å². The lowest BCUT2D eigenvalue weighted by Crippen LogP contribution is -2.36. The summed E-state index contributed by atoms with van der Waals surface area (Å²) in [6, 6.07) is 6.34. The van der Waals surface area contributed by atoms with E-state index in [4.69, 9.17) is 10.2 Å². The molecule has 0 amide bonds. The first-order chi connectivity index (χ1) is 13.6. The van der Waals surface area contributed by atoms with Crippen LogP contribution in [0.1, 0.15) is 84.6 Å². The second-order valence-corrected chi connectivity index (χ2v) is 8.57. The Morgan fingerprint density at radius 3 is 1.96 bits per heavy atom. The molecule has 1 aromatic carbocycles. The molecule has 2 unspecified atom stereocenters. The molecule has 28 heavy (non-hydrogen) atoms. The van der Waals surface area contributed by atoms with Crippen LogP contribution < -0.4 is 0 Å². The number of unbranched alkanes of at least 4 members (excludes halogenated alkanes) is 2. The topological polar surface area (TPSA) is 34.0 Å². The summed E-state index contributed by atoms with van der Waals surface area (Å²) >= 11 is 0. The van der Waals surface area contributed by atoms with Gasteiger partial charge in [0.1, 0.15) is 17.7 Å². The molecule has 1 aromatic heterocycles. The molecule has 0 aliphatic carbocycles. The van der Waals surface area contributed by atoms with Gasteiger partial charge in [0.2, 0.25) is 0 Å². The Labute approximate surface area is 172 Å². The van der Waals surface area contributed by atoms with Gasteiger partial charge in [0.15, 0.2) is 0 Å². The molecule has 2 atom stereocenters. The van der Waals surface area contributed by atoms with Crippen molar-refractivity contribution in [1.82, 2.24) is 19.9 Å². The van der Waals surface area contributed by atoms with E-state index in [0.717, 1.165) is 42.6 Å². The summed E-state index contributed by atoms with van der Waals surface area (Å²) in [4.78, 5) is 4.54. The van der Waals surface area contributed by atoms with E-state index in [9.17, 15) is 0 Å². The van der Waals surface area contributed by atoms with Crippen LogP contribution in [-0.2, 0) is 6.67 Å². The second-order valence-electron chi connectivity index (χ2n) is 8.57. The molecular weight excluding hydrogens is 344 g/mol. The summed E-state index contributed by atoms with van der Waals surface area (Å²) in [7, 11) is 0. The molecule has 0 radical (unpaired) electrons. The van der Waals surface area contributed by atoms with Gasteiger partial charge in [0, 0.05) is 13.1 Å². The number of fused-ring (bicyclic) bond motifs is 1. The monoisotopic (exact) mass is 386 g/mol. The molecule has 158 valence electrons. The van der Waals surface area contributed by atoms with E-state index in [1.807, 2.05) is 4.80 Å². The zero-order valence-corrected chi connectivity index (χ0v) is 19.0. The van der Waals surface area contributed by atoms with Gasteiger partial charge >= 0.3 is 0 Å². The van der Waals surface area contributed by atoms with E-state index in [2.05, 4.69) is 57.7 Å². The normalized spacial score (nSPS) is 14.1. The SMILES string of the molecule is CCCCC(CC)CN(CC(CC)CCCC)Cn1nc2ccc(C)cc2n1. The first-order valence-corrected chi connectivity index (χ1v) is 11.6. The molecule has 0 aliphatic heterocycles. The fourth-order valence-corrected chi connectivity index (χ4v) is 4.07. The quantitative estimate of drug-likeness (QED) is 0.375. The number of nitrogens with zero attached hydrogens (tertiary/aromatic N) is 4. The maximum absolute atomic E-state index is 4.77. The summed E-state index contributed by atoms with van der Waals surface area (Å²) in [5.74, 6) is 1.55. The van der Waals surface area contributed by atoms with Crippen LogP contribution in [0.25, 0.3) is 11.0 Å². The third kappa shape index (κ3) is 7.20. The van der Waals surface area contributed by atoms with Crippen molar-refractivity contribution in [2.75, 3.05) is 13.1 Å². The van der Waals surface area contributed by atoms with Crippen molar-refractivity contribution >= 4 is 11.0 Å². The second kappa shape index (κ2) is 12.2. The van der Waals surface area contributed by atoms with Gasteiger partial charge < -0.3 is 0 Å². The zero-order chi connectivity index (χ0) is 20.4. The predicted molar refractivity (Wildman–Crippen MR) is 120 cm³/mol. The molecule has 0 fully saturated rings. The molecule has 0 N–H and O–H groups in total. The Balaban J connectivity index is 2.12. The van der Waals surface area contributed by atoms with Crippen LogP contribution in [0, 0.1) is 18.8 Å². The minimum absolute atomic E-state index is 0.774. The number of benzene rings is 1. The van der Waals surface area contributed by atoms with Gasteiger partial charge in [-0.15, -0.1) is 0 Å². The Morgan fingerprint density at radius 2 is 1.43 bits per heavy atom. The smallest absolute Gasteiger partial charge is 0.113 e. The van der Waals surface area contributed by atoms with E-state index >= 15 is 0 Å². The highest BCUT2D eigenvalue weighted by molar-refractivity contribution is 5.74. The van der Waals surface area contributed by atoms with Gasteiger partial charge in [-0.25, -0.2) is 0 Å².